The number of aliphatic carboxylic acids is 1. The molecule has 0 aliphatic heterocycles. The number of hydrogen-bond acceptors (Lipinski definition) is 3. The predicted octanol–water partition coefficient (Wildman–Crippen LogP) is 0.379. The van der Waals surface area contributed by atoms with Crippen molar-refractivity contribution >= 4 is 16.0 Å². The summed E-state index contributed by atoms with van der Waals surface area (Å²) in [5, 5.41) is 8.61. The molecule has 5 nitrogen and oxygen atoms in total. The van der Waals surface area contributed by atoms with Crippen molar-refractivity contribution in [2.45, 2.75) is 20.3 Å². The third-order valence-corrected chi connectivity index (χ3v) is 3.91. The van der Waals surface area contributed by atoms with E-state index in [0.29, 0.717) is 6.42 Å². The van der Waals surface area contributed by atoms with Crippen LogP contribution in [-0.2, 0) is 14.8 Å². The van der Waals surface area contributed by atoms with Gasteiger partial charge in [-0.05, 0) is 6.42 Å². The van der Waals surface area contributed by atoms with Crippen LogP contribution in [0.2, 0.25) is 0 Å². The number of nitrogens with zero attached hydrogens (tertiary/aromatic N) is 1. The van der Waals surface area contributed by atoms with Gasteiger partial charge >= 0.3 is 5.97 Å². The molecule has 0 aromatic carbocycles. The molecule has 84 valence electrons. The molecular formula is C8H17NO4S. The van der Waals surface area contributed by atoms with Gasteiger partial charge in [-0.15, -0.1) is 0 Å². The molecule has 0 heterocycles. The second kappa shape index (κ2) is 5.31. The molecule has 1 N–H and O–H groups in total. The Hall–Kier alpha value is -0.620. The average molecular weight is 223 g/mol. The third-order valence-electron chi connectivity index (χ3n) is 1.89. The van der Waals surface area contributed by atoms with Crippen molar-refractivity contribution in [1.29, 1.82) is 0 Å². The second-order valence-corrected chi connectivity index (χ2v) is 5.53. The Labute approximate surface area is 84.8 Å². The quantitative estimate of drug-likeness (QED) is 0.706. The minimum Gasteiger partial charge on any atom is -0.481 e. The van der Waals surface area contributed by atoms with E-state index >= 15 is 0 Å². The summed E-state index contributed by atoms with van der Waals surface area (Å²) in [6, 6.07) is 0. The number of rotatable bonds is 6. The van der Waals surface area contributed by atoms with E-state index in [0.717, 1.165) is 4.31 Å². The summed E-state index contributed by atoms with van der Waals surface area (Å²) < 4.78 is 23.9. The second-order valence-electron chi connectivity index (χ2n) is 3.34. The van der Waals surface area contributed by atoms with Crippen LogP contribution in [0, 0.1) is 5.92 Å². The number of carbonyl (C=O) groups is 1. The van der Waals surface area contributed by atoms with Gasteiger partial charge in [0.15, 0.2) is 0 Å². The Morgan fingerprint density at radius 1 is 1.50 bits per heavy atom. The van der Waals surface area contributed by atoms with Gasteiger partial charge in [0.05, 0.1) is 11.7 Å². The summed E-state index contributed by atoms with van der Waals surface area (Å²) in [6.07, 6.45) is 0.536. The number of hydrogen-bond donors (Lipinski definition) is 1. The minimum absolute atomic E-state index is 0.0255. The molecule has 0 amide bonds. The molecule has 14 heavy (non-hydrogen) atoms. The molecule has 0 rings (SSSR count). The van der Waals surface area contributed by atoms with Crippen molar-refractivity contribution in [3.8, 4) is 0 Å². The van der Waals surface area contributed by atoms with Crippen molar-refractivity contribution in [1.82, 2.24) is 4.31 Å². The van der Waals surface area contributed by atoms with Gasteiger partial charge in [0.2, 0.25) is 10.0 Å². The highest BCUT2D eigenvalue weighted by atomic mass is 32.2. The van der Waals surface area contributed by atoms with Gasteiger partial charge in [0.25, 0.3) is 0 Å². The highest BCUT2D eigenvalue weighted by Gasteiger charge is 2.21. The zero-order valence-corrected chi connectivity index (χ0v) is 9.54. The summed E-state index contributed by atoms with van der Waals surface area (Å²) in [7, 11) is -1.86. The van der Waals surface area contributed by atoms with E-state index in [9.17, 15) is 13.2 Å². The van der Waals surface area contributed by atoms with Crippen molar-refractivity contribution < 1.29 is 18.3 Å². The summed E-state index contributed by atoms with van der Waals surface area (Å²) in [4.78, 5) is 10.5. The van der Waals surface area contributed by atoms with Gasteiger partial charge in [-0.25, -0.2) is 12.7 Å². The molecule has 0 radical (unpaired) electrons. The lowest BCUT2D eigenvalue weighted by Crippen LogP contribution is -2.35. The van der Waals surface area contributed by atoms with Crippen molar-refractivity contribution in [3.63, 3.8) is 0 Å². The van der Waals surface area contributed by atoms with Crippen LogP contribution in [0.25, 0.3) is 0 Å². The van der Waals surface area contributed by atoms with Crippen LogP contribution in [0.1, 0.15) is 20.3 Å². The zero-order valence-electron chi connectivity index (χ0n) is 8.73. The van der Waals surface area contributed by atoms with Gasteiger partial charge in [-0.2, -0.15) is 0 Å². The normalized spacial score (nSPS) is 14.3. The van der Waals surface area contributed by atoms with Gasteiger partial charge < -0.3 is 5.11 Å². The molecule has 0 aromatic heterocycles. The average Bonchev–Trinajstić information content (AvgIpc) is 2.03. The van der Waals surface area contributed by atoms with E-state index in [1.165, 1.54) is 14.0 Å². The van der Waals surface area contributed by atoms with E-state index in [4.69, 9.17) is 5.11 Å². The molecule has 0 spiro atoms. The summed E-state index contributed by atoms with van der Waals surface area (Å²) >= 11 is 0. The fourth-order valence-corrected chi connectivity index (χ4v) is 2.27. The number of carboxylic acid groups (broad SMARTS) is 1. The Morgan fingerprint density at radius 2 is 2.00 bits per heavy atom. The highest BCUT2D eigenvalue weighted by Crippen LogP contribution is 2.05. The summed E-state index contributed by atoms with van der Waals surface area (Å²) in [5.41, 5.74) is 0. The monoisotopic (exact) mass is 223 g/mol. The molecule has 1 atom stereocenters. The summed E-state index contributed by atoms with van der Waals surface area (Å²) in [5.74, 6) is -1.59. The molecule has 0 aliphatic carbocycles. The van der Waals surface area contributed by atoms with Crippen LogP contribution in [-0.4, -0.2) is 43.1 Å². The van der Waals surface area contributed by atoms with Gasteiger partial charge in [0.1, 0.15) is 0 Å². The zero-order chi connectivity index (χ0) is 11.4. The van der Waals surface area contributed by atoms with E-state index in [2.05, 4.69) is 0 Å². The van der Waals surface area contributed by atoms with Gasteiger partial charge in [0, 0.05) is 13.6 Å². The maximum atomic E-state index is 11.4. The van der Waals surface area contributed by atoms with E-state index in [1.807, 2.05) is 0 Å². The first-order valence-corrected chi connectivity index (χ1v) is 6.09. The van der Waals surface area contributed by atoms with Crippen LogP contribution in [0.5, 0.6) is 0 Å². The molecule has 0 aliphatic rings. The molecular weight excluding hydrogens is 206 g/mol. The minimum atomic E-state index is -3.27. The van der Waals surface area contributed by atoms with Crippen LogP contribution >= 0.6 is 0 Å². The predicted molar refractivity (Wildman–Crippen MR) is 53.5 cm³/mol. The van der Waals surface area contributed by atoms with Crippen LogP contribution in [0.15, 0.2) is 0 Å². The van der Waals surface area contributed by atoms with Crippen molar-refractivity contribution in [2.24, 2.45) is 5.92 Å². The molecule has 1 unspecified atom stereocenters. The fourth-order valence-electron chi connectivity index (χ4n) is 0.991. The van der Waals surface area contributed by atoms with Gasteiger partial charge in [-0.3, -0.25) is 4.79 Å². The first-order chi connectivity index (χ1) is 6.31. The smallest absolute Gasteiger partial charge is 0.307 e. The molecule has 0 aromatic rings. The largest absolute Gasteiger partial charge is 0.481 e. The Kier molecular flexibility index (Phi) is 5.07. The molecule has 0 saturated carbocycles. The van der Waals surface area contributed by atoms with Crippen LogP contribution < -0.4 is 0 Å². The Morgan fingerprint density at radius 3 is 2.36 bits per heavy atom. The Balaban J connectivity index is 4.34. The SMILES string of the molecule is CCCS(=O)(=O)N(C)CC(C)C(=O)O. The van der Waals surface area contributed by atoms with Crippen LogP contribution in [0.3, 0.4) is 0 Å². The maximum absolute atomic E-state index is 11.4. The summed E-state index contributed by atoms with van der Waals surface area (Å²) in [6.45, 7) is 3.28. The lowest BCUT2D eigenvalue weighted by Gasteiger charge is -2.18. The highest BCUT2D eigenvalue weighted by molar-refractivity contribution is 7.89. The number of carboxylic acids is 1. The lowest BCUT2D eigenvalue weighted by molar-refractivity contribution is -0.141. The van der Waals surface area contributed by atoms with Crippen molar-refractivity contribution in [3.05, 3.63) is 0 Å². The molecule has 0 bridgehead atoms. The number of sulfonamides is 1. The standard InChI is InChI=1S/C8H17NO4S/c1-4-5-14(12,13)9(3)6-7(2)8(10)11/h7H,4-6H2,1-3H3,(H,10,11). The molecule has 0 saturated heterocycles. The first-order valence-electron chi connectivity index (χ1n) is 4.48. The topological polar surface area (TPSA) is 74.7 Å². The Bertz CT molecular complexity index is 286. The fraction of sp³-hybridized carbons (Fsp3) is 0.875. The third kappa shape index (κ3) is 4.06. The lowest BCUT2D eigenvalue weighted by atomic mass is 10.2. The van der Waals surface area contributed by atoms with E-state index < -0.39 is 21.9 Å². The van der Waals surface area contributed by atoms with E-state index in [1.54, 1.807) is 6.92 Å². The molecule has 0 fully saturated rings. The molecule has 6 heteroatoms. The van der Waals surface area contributed by atoms with Crippen LogP contribution in [0.4, 0.5) is 0 Å². The van der Waals surface area contributed by atoms with E-state index in [-0.39, 0.29) is 12.3 Å². The maximum Gasteiger partial charge on any atom is 0.307 e. The van der Waals surface area contributed by atoms with Crippen molar-refractivity contribution in [2.75, 3.05) is 19.3 Å². The van der Waals surface area contributed by atoms with Gasteiger partial charge in [-0.1, -0.05) is 13.8 Å². The first kappa shape index (κ1) is 13.4.